The number of halogens is 1. The Hall–Kier alpha value is -3.16. The number of fused-ring (bicyclic) bond motifs is 1. The maximum absolute atomic E-state index is 13.3. The fourth-order valence-corrected chi connectivity index (χ4v) is 5.21. The molecule has 3 aromatic rings. The second-order valence-corrected chi connectivity index (χ2v) is 9.77. The Bertz CT molecular complexity index is 1320. The lowest BCUT2D eigenvalue weighted by Gasteiger charge is -2.27. The van der Waals surface area contributed by atoms with Crippen molar-refractivity contribution >= 4 is 44.2 Å². The lowest BCUT2D eigenvalue weighted by Crippen LogP contribution is -2.33. The molecule has 1 saturated heterocycles. The molecule has 0 spiro atoms. The second kappa shape index (κ2) is 11.3. The van der Waals surface area contributed by atoms with E-state index in [9.17, 15) is 14.7 Å². The summed E-state index contributed by atoms with van der Waals surface area (Å²) in [7, 11) is 1.62. The van der Waals surface area contributed by atoms with E-state index in [1.807, 2.05) is 54.6 Å². The van der Waals surface area contributed by atoms with E-state index in [4.69, 9.17) is 4.74 Å². The van der Waals surface area contributed by atoms with Crippen LogP contribution >= 0.6 is 15.9 Å². The molecule has 0 radical (unpaired) electrons. The van der Waals surface area contributed by atoms with E-state index in [1.165, 1.54) is 0 Å². The molecule has 1 atom stereocenters. The van der Waals surface area contributed by atoms with Crippen LogP contribution in [0.15, 0.2) is 70.7 Å². The largest absolute Gasteiger partial charge is 0.507 e. The van der Waals surface area contributed by atoms with Crippen molar-refractivity contribution in [3.05, 3.63) is 81.8 Å². The van der Waals surface area contributed by atoms with E-state index in [1.54, 1.807) is 18.1 Å². The third kappa shape index (κ3) is 5.18. The van der Waals surface area contributed by atoms with Gasteiger partial charge in [0.1, 0.15) is 11.5 Å². The number of aliphatic hydroxyl groups excluding tert-OH is 1. The van der Waals surface area contributed by atoms with Crippen LogP contribution in [0.2, 0.25) is 0 Å². The first-order valence-electron chi connectivity index (χ1n) is 12.2. The number of rotatable bonds is 9. The molecule has 1 N–H and O–H groups in total. The second-order valence-electron chi connectivity index (χ2n) is 8.86. The molecule has 7 heteroatoms. The minimum atomic E-state index is -0.661. The SMILES string of the molecule is CCN(CC)CCCN1C(=O)C(=O)/C(=C(/O)c2ccc3cc(OC)ccc3c2)C1c1cccc(Br)c1. The van der Waals surface area contributed by atoms with Gasteiger partial charge in [0.25, 0.3) is 11.7 Å². The van der Waals surface area contributed by atoms with Crippen molar-refractivity contribution < 1.29 is 19.4 Å². The van der Waals surface area contributed by atoms with Crippen LogP contribution in [0.3, 0.4) is 0 Å². The predicted molar refractivity (Wildman–Crippen MR) is 146 cm³/mol. The number of Topliss-reactive ketones (excluding diaryl/α,β-unsaturated/α-hetero) is 1. The zero-order valence-electron chi connectivity index (χ0n) is 20.8. The molecule has 1 aliphatic heterocycles. The van der Waals surface area contributed by atoms with Crippen LogP contribution in [0.5, 0.6) is 5.75 Å². The van der Waals surface area contributed by atoms with Gasteiger partial charge < -0.3 is 19.6 Å². The highest BCUT2D eigenvalue weighted by Gasteiger charge is 2.45. The maximum atomic E-state index is 13.3. The molecule has 188 valence electrons. The molecule has 4 rings (SSSR count). The summed E-state index contributed by atoms with van der Waals surface area (Å²) in [6.07, 6.45) is 0.733. The van der Waals surface area contributed by atoms with Crippen molar-refractivity contribution in [2.75, 3.05) is 33.3 Å². The molecule has 1 heterocycles. The molecular formula is C29H31BrN2O4. The topological polar surface area (TPSA) is 70.1 Å². The van der Waals surface area contributed by atoms with Gasteiger partial charge in [0.15, 0.2) is 0 Å². The number of hydrogen-bond acceptors (Lipinski definition) is 5. The lowest BCUT2D eigenvalue weighted by atomic mass is 9.94. The highest BCUT2D eigenvalue weighted by Crippen LogP contribution is 2.40. The number of aliphatic hydroxyl groups is 1. The number of likely N-dealkylation sites (tertiary alicyclic amines) is 1. The lowest BCUT2D eigenvalue weighted by molar-refractivity contribution is -0.140. The molecule has 1 amide bonds. The molecule has 0 aliphatic carbocycles. The number of carbonyl (C=O) groups is 2. The van der Waals surface area contributed by atoms with Gasteiger partial charge in [-0.15, -0.1) is 0 Å². The Morgan fingerprint density at radius 2 is 1.75 bits per heavy atom. The van der Waals surface area contributed by atoms with Gasteiger partial charge >= 0.3 is 0 Å². The van der Waals surface area contributed by atoms with Crippen LogP contribution in [0.25, 0.3) is 16.5 Å². The van der Waals surface area contributed by atoms with E-state index >= 15 is 0 Å². The molecule has 0 aromatic heterocycles. The third-order valence-electron chi connectivity index (χ3n) is 6.79. The van der Waals surface area contributed by atoms with Crippen LogP contribution in [0, 0.1) is 0 Å². The van der Waals surface area contributed by atoms with Gasteiger partial charge in [-0.2, -0.15) is 0 Å². The molecule has 0 bridgehead atoms. The molecular weight excluding hydrogens is 520 g/mol. The van der Waals surface area contributed by atoms with Gasteiger partial charge in [0.05, 0.1) is 18.7 Å². The van der Waals surface area contributed by atoms with Gasteiger partial charge in [-0.1, -0.05) is 60.1 Å². The van der Waals surface area contributed by atoms with E-state index in [2.05, 4.69) is 34.7 Å². The van der Waals surface area contributed by atoms with Crippen molar-refractivity contribution in [2.45, 2.75) is 26.3 Å². The number of ether oxygens (including phenoxy) is 1. The number of benzene rings is 3. The minimum Gasteiger partial charge on any atom is -0.507 e. The number of nitrogens with zero attached hydrogens (tertiary/aromatic N) is 2. The summed E-state index contributed by atoms with van der Waals surface area (Å²) in [5.41, 5.74) is 1.39. The molecule has 36 heavy (non-hydrogen) atoms. The Morgan fingerprint density at radius 1 is 1.03 bits per heavy atom. The molecule has 1 fully saturated rings. The first-order valence-corrected chi connectivity index (χ1v) is 13.0. The molecule has 0 saturated carbocycles. The molecule has 1 aliphatic rings. The van der Waals surface area contributed by atoms with Gasteiger partial charge in [0, 0.05) is 16.6 Å². The summed E-state index contributed by atoms with van der Waals surface area (Å²) in [5, 5.41) is 13.3. The minimum absolute atomic E-state index is 0.119. The van der Waals surface area contributed by atoms with Gasteiger partial charge in [-0.05, 0) is 72.7 Å². The smallest absolute Gasteiger partial charge is 0.295 e. The third-order valence-corrected chi connectivity index (χ3v) is 7.29. The standard InChI is InChI=1S/C29H31BrN2O4/c1-4-31(5-2)14-7-15-32-26(21-8-6-9-23(30)17-21)25(28(34)29(32)35)27(33)22-11-10-20-18-24(36-3)13-12-19(20)16-22/h6,8-13,16-18,26,33H,4-5,7,14-15H2,1-3H3/b27-25+. The summed E-state index contributed by atoms with van der Waals surface area (Å²) >= 11 is 3.51. The first kappa shape index (κ1) is 25.9. The van der Waals surface area contributed by atoms with Crippen LogP contribution in [0.1, 0.15) is 37.4 Å². The monoisotopic (exact) mass is 550 g/mol. The fourth-order valence-electron chi connectivity index (χ4n) is 4.79. The van der Waals surface area contributed by atoms with Crippen molar-refractivity contribution in [1.29, 1.82) is 0 Å². The summed E-state index contributed by atoms with van der Waals surface area (Å²) in [6.45, 7) is 7.33. The Morgan fingerprint density at radius 3 is 2.44 bits per heavy atom. The predicted octanol–water partition coefficient (Wildman–Crippen LogP) is 5.76. The zero-order valence-corrected chi connectivity index (χ0v) is 22.4. The van der Waals surface area contributed by atoms with Crippen LogP contribution < -0.4 is 4.74 Å². The van der Waals surface area contributed by atoms with Crippen molar-refractivity contribution in [3.63, 3.8) is 0 Å². The van der Waals surface area contributed by atoms with Crippen molar-refractivity contribution in [3.8, 4) is 5.75 Å². The summed E-state index contributed by atoms with van der Waals surface area (Å²) in [4.78, 5) is 30.4. The Balaban J connectivity index is 1.77. The van der Waals surface area contributed by atoms with E-state index in [0.717, 1.165) is 52.6 Å². The zero-order chi connectivity index (χ0) is 25.8. The molecule has 3 aromatic carbocycles. The summed E-state index contributed by atoms with van der Waals surface area (Å²) < 4.78 is 6.14. The quantitative estimate of drug-likeness (QED) is 0.208. The fraction of sp³-hybridized carbons (Fsp3) is 0.310. The van der Waals surface area contributed by atoms with Crippen LogP contribution in [-0.4, -0.2) is 59.9 Å². The van der Waals surface area contributed by atoms with Crippen LogP contribution in [-0.2, 0) is 9.59 Å². The number of hydrogen-bond donors (Lipinski definition) is 1. The van der Waals surface area contributed by atoms with E-state index < -0.39 is 17.7 Å². The van der Waals surface area contributed by atoms with Crippen molar-refractivity contribution in [1.82, 2.24) is 9.80 Å². The Kier molecular flexibility index (Phi) is 8.11. The highest BCUT2D eigenvalue weighted by atomic mass is 79.9. The highest BCUT2D eigenvalue weighted by molar-refractivity contribution is 9.10. The maximum Gasteiger partial charge on any atom is 0.295 e. The van der Waals surface area contributed by atoms with Gasteiger partial charge in [0.2, 0.25) is 0 Å². The van der Waals surface area contributed by atoms with Gasteiger partial charge in [-0.3, -0.25) is 9.59 Å². The normalized spacial score (nSPS) is 17.4. The number of methoxy groups -OCH3 is 1. The molecule has 1 unspecified atom stereocenters. The molecule has 6 nitrogen and oxygen atoms in total. The van der Waals surface area contributed by atoms with Crippen molar-refractivity contribution in [2.24, 2.45) is 0 Å². The van der Waals surface area contributed by atoms with Gasteiger partial charge in [-0.25, -0.2) is 0 Å². The summed E-state index contributed by atoms with van der Waals surface area (Å²) in [5.74, 6) is -0.659. The average Bonchev–Trinajstić information content (AvgIpc) is 3.15. The Labute approximate surface area is 220 Å². The van der Waals surface area contributed by atoms with Crippen LogP contribution in [0.4, 0.5) is 0 Å². The average molecular weight is 551 g/mol. The number of carbonyl (C=O) groups excluding carboxylic acids is 2. The summed E-state index contributed by atoms with van der Waals surface area (Å²) in [6, 6.07) is 18.0. The number of amides is 1. The first-order chi connectivity index (χ1) is 17.4. The number of ketones is 1. The van der Waals surface area contributed by atoms with E-state index in [0.29, 0.717) is 12.1 Å². The van der Waals surface area contributed by atoms with E-state index in [-0.39, 0.29) is 11.3 Å².